The Bertz CT molecular complexity index is 1010. The van der Waals surface area contributed by atoms with E-state index >= 15 is 0 Å². The maximum Gasteiger partial charge on any atom is 0.216 e. The molecular formula is C17H16FN5O2S. The van der Waals surface area contributed by atoms with Gasteiger partial charge in [0.1, 0.15) is 11.6 Å². The molecule has 7 nitrogen and oxygen atoms in total. The molecule has 0 aliphatic carbocycles. The van der Waals surface area contributed by atoms with Crippen molar-refractivity contribution in [3.8, 4) is 5.75 Å². The van der Waals surface area contributed by atoms with Gasteiger partial charge in [0.05, 0.1) is 18.5 Å². The van der Waals surface area contributed by atoms with Gasteiger partial charge in [-0.2, -0.15) is 14.9 Å². The first kappa shape index (κ1) is 17.9. The van der Waals surface area contributed by atoms with Gasteiger partial charge in [-0.05, 0) is 36.8 Å². The van der Waals surface area contributed by atoms with Crippen molar-refractivity contribution in [2.24, 2.45) is 5.10 Å². The number of aromatic amines is 1. The number of aliphatic hydroxyl groups excluding tert-OH is 1. The highest BCUT2D eigenvalue weighted by Crippen LogP contribution is 2.22. The highest BCUT2D eigenvalue weighted by Gasteiger charge is 2.11. The molecule has 1 aromatic carbocycles. The second kappa shape index (κ2) is 7.54. The molecule has 0 fully saturated rings. The van der Waals surface area contributed by atoms with Crippen molar-refractivity contribution in [3.63, 3.8) is 0 Å². The number of hydrogen-bond acceptors (Lipinski definition) is 6. The van der Waals surface area contributed by atoms with Gasteiger partial charge >= 0.3 is 0 Å². The zero-order valence-corrected chi connectivity index (χ0v) is 14.7. The molecule has 0 saturated heterocycles. The minimum Gasteiger partial charge on any atom is -0.505 e. The van der Waals surface area contributed by atoms with Crippen LogP contribution in [0.5, 0.6) is 5.75 Å². The van der Waals surface area contributed by atoms with Crippen LogP contribution in [-0.2, 0) is 13.0 Å². The van der Waals surface area contributed by atoms with Gasteiger partial charge in [0, 0.05) is 23.7 Å². The highest BCUT2D eigenvalue weighted by molar-refractivity contribution is 7.71. The molecule has 0 unspecified atom stereocenters. The summed E-state index contributed by atoms with van der Waals surface area (Å²) in [5.74, 6) is 0.148. The summed E-state index contributed by atoms with van der Waals surface area (Å²) in [4.78, 5) is 4.00. The lowest BCUT2D eigenvalue weighted by molar-refractivity contribution is 0.280. The van der Waals surface area contributed by atoms with E-state index in [1.165, 1.54) is 29.2 Å². The van der Waals surface area contributed by atoms with Crippen LogP contribution in [0.3, 0.4) is 0 Å². The summed E-state index contributed by atoms with van der Waals surface area (Å²) in [6.45, 7) is 1.36. The predicted octanol–water partition coefficient (Wildman–Crippen LogP) is 2.45. The summed E-state index contributed by atoms with van der Waals surface area (Å²) in [5.41, 5.74) is 2.06. The lowest BCUT2D eigenvalue weighted by Gasteiger charge is -2.07. The van der Waals surface area contributed by atoms with Crippen LogP contribution in [0.1, 0.15) is 28.2 Å². The van der Waals surface area contributed by atoms with Crippen molar-refractivity contribution >= 4 is 18.4 Å². The Morgan fingerprint density at radius 3 is 2.77 bits per heavy atom. The number of hydrogen-bond donors (Lipinski definition) is 3. The number of nitrogens with one attached hydrogen (secondary N) is 1. The third-order valence-corrected chi connectivity index (χ3v) is 4.09. The van der Waals surface area contributed by atoms with Crippen LogP contribution in [-0.4, -0.2) is 36.3 Å². The second-order valence-electron chi connectivity index (χ2n) is 5.59. The van der Waals surface area contributed by atoms with Gasteiger partial charge in [-0.3, -0.25) is 10.1 Å². The molecule has 2 heterocycles. The predicted molar refractivity (Wildman–Crippen MR) is 96.2 cm³/mol. The fourth-order valence-corrected chi connectivity index (χ4v) is 2.58. The summed E-state index contributed by atoms with van der Waals surface area (Å²) in [5, 5.41) is 30.7. The number of aromatic nitrogens is 4. The van der Waals surface area contributed by atoms with E-state index in [0.717, 1.165) is 5.56 Å². The fraction of sp³-hybridized carbons (Fsp3) is 0.176. The summed E-state index contributed by atoms with van der Waals surface area (Å²) in [6.07, 6.45) is 3.26. The zero-order valence-electron chi connectivity index (χ0n) is 13.8. The van der Waals surface area contributed by atoms with Gasteiger partial charge in [-0.1, -0.05) is 12.1 Å². The average molecular weight is 373 g/mol. The van der Waals surface area contributed by atoms with E-state index in [1.807, 2.05) is 0 Å². The molecule has 0 radical (unpaired) electrons. The number of H-pyrrole nitrogens is 1. The van der Waals surface area contributed by atoms with Crippen LogP contribution in [0, 0.1) is 17.5 Å². The Morgan fingerprint density at radius 1 is 1.35 bits per heavy atom. The van der Waals surface area contributed by atoms with E-state index in [1.54, 1.807) is 19.1 Å². The van der Waals surface area contributed by atoms with Gasteiger partial charge < -0.3 is 10.2 Å². The Labute approximate surface area is 153 Å². The first-order valence-corrected chi connectivity index (χ1v) is 8.13. The number of benzene rings is 1. The second-order valence-corrected chi connectivity index (χ2v) is 5.98. The van der Waals surface area contributed by atoms with E-state index in [9.17, 15) is 14.6 Å². The number of nitrogens with zero attached hydrogens (tertiary/aromatic N) is 4. The Hall–Kier alpha value is -2.91. The molecule has 9 heteroatoms. The molecule has 0 saturated carbocycles. The normalized spacial score (nSPS) is 11.3. The lowest BCUT2D eigenvalue weighted by Crippen LogP contribution is -2.03. The van der Waals surface area contributed by atoms with Crippen molar-refractivity contribution in [3.05, 3.63) is 69.3 Å². The fourth-order valence-electron chi connectivity index (χ4n) is 2.38. The van der Waals surface area contributed by atoms with Crippen molar-refractivity contribution in [1.82, 2.24) is 19.9 Å². The molecule has 0 atom stereocenters. The van der Waals surface area contributed by atoms with Crippen molar-refractivity contribution < 1.29 is 14.6 Å². The molecular weight excluding hydrogens is 357 g/mol. The van der Waals surface area contributed by atoms with E-state index < -0.39 is 0 Å². The third kappa shape index (κ3) is 3.68. The molecule has 0 bridgehead atoms. The maximum absolute atomic E-state index is 13.0. The largest absolute Gasteiger partial charge is 0.505 e. The van der Waals surface area contributed by atoms with Gasteiger partial charge in [0.25, 0.3) is 0 Å². The number of rotatable bonds is 5. The standard InChI is InChI=1S/C17H16FN5O2S/c1-10-16(25)14(12(9-24)7-19-10)8-20-23-15(21-22-17(23)26)6-11-2-4-13(18)5-3-11/h2-5,7-8,24-25H,6,9H2,1H3,(H,22,26)/b20-8+. The van der Waals surface area contributed by atoms with Crippen molar-refractivity contribution in [2.45, 2.75) is 20.0 Å². The Morgan fingerprint density at radius 2 is 2.08 bits per heavy atom. The summed E-state index contributed by atoms with van der Waals surface area (Å²) in [7, 11) is 0. The molecule has 0 aliphatic heterocycles. The SMILES string of the molecule is Cc1ncc(CO)c(/C=N/n2c(Cc3ccc(F)cc3)n[nH]c2=S)c1O. The van der Waals surface area contributed by atoms with Crippen LogP contribution in [0.25, 0.3) is 0 Å². The summed E-state index contributed by atoms with van der Waals surface area (Å²) >= 11 is 5.19. The van der Waals surface area contributed by atoms with Crippen molar-refractivity contribution in [2.75, 3.05) is 0 Å². The van der Waals surface area contributed by atoms with Crippen LogP contribution in [0.15, 0.2) is 35.6 Å². The highest BCUT2D eigenvalue weighted by atomic mass is 32.1. The number of pyridine rings is 1. The molecule has 3 aromatic rings. The minimum absolute atomic E-state index is 0.0598. The van der Waals surface area contributed by atoms with Gasteiger partial charge in [0.15, 0.2) is 5.82 Å². The lowest BCUT2D eigenvalue weighted by atomic mass is 10.1. The molecule has 26 heavy (non-hydrogen) atoms. The molecule has 0 aliphatic rings. The molecule has 0 spiro atoms. The topological polar surface area (TPSA) is 99.3 Å². The summed E-state index contributed by atoms with van der Waals surface area (Å²) < 4.78 is 14.7. The number of aromatic hydroxyl groups is 1. The maximum atomic E-state index is 13.0. The third-order valence-electron chi connectivity index (χ3n) is 3.82. The smallest absolute Gasteiger partial charge is 0.216 e. The molecule has 2 aromatic heterocycles. The number of halogens is 1. The van der Waals surface area contributed by atoms with Crippen LogP contribution >= 0.6 is 12.2 Å². The molecule has 3 N–H and O–H groups in total. The minimum atomic E-state index is -0.314. The Balaban J connectivity index is 1.95. The first-order valence-electron chi connectivity index (χ1n) is 7.73. The Kier molecular flexibility index (Phi) is 5.19. The van der Waals surface area contributed by atoms with E-state index in [2.05, 4.69) is 20.3 Å². The average Bonchev–Trinajstić information content (AvgIpc) is 2.98. The first-order chi connectivity index (χ1) is 12.5. The molecule has 3 rings (SSSR count). The van der Waals surface area contributed by atoms with Gasteiger partial charge in [-0.25, -0.2) is 4.39 Å². The molecule has 134 valence electrons. The van der Waals surface area contributed by atoms with Crippen molar-refractivity contribution in [1.29, 1.82) is 0 Å². The van der Waals surface area contributed by atoms with E-state index in [4.69, 9.17) is 12.2 Å². The number of aliphatic hydroxyl groups is 1. The summed E-state index contributed by atoms with van der Waals surface area (Å²) in [6, 6.07) is 6.05. The van der Waals surface area contributed by atoms with Crippen LogP contribution < -0.4 is 0 Å². The monoisotopic (exact) mass is 373 g/mol. The van der Waals surface area contributed by atoms with Gasteiger partial charge in [-0.15, -0.1) is 0 Å². The van der Waals surface area contributed by atoms with Crippen LogP contribution in [0.2, 0.25) is 0 Å². The molecule has 0 amide bonds. The van der Waals surface area contributed by atoms with E-state index in [-0.39, 0.29) is 22.9 Å². The van der Waals surface area contributed by atoms with Gasteiger partial charge in [0.2, 0.25) is 4.77 Å². The van der Waals surface area contributed by atoms with Crippen LogP contribution in [0.4, 0.5) is 4.39 Å². The zero-order chi connectivity index (χ0) is 18.7. The van der Waals surface area contributed by atoms with E-state index in [0.29, 0.717) is 29.1 Å². The number of aryl methyl sites for hydroxylation is 1. The quantitative estimate of drug-likeness (QED) is 0.471.